The molecule has 4 heteroatoms. The number of rotatable bonds is 5. The average Bonchev–Trinajstić information content (AvgIpc) is 2.91. The van der Waals surface area contributed by atoms with E-state index in [1.54, 1.807) is 0 Å². The van der Waals surface area contributed by atoms with Crippen molar-refractivity contribution in [3.63, 3.8) is 0 Å². The predicted molar refractivity (Wildman–Crippen MR) is 93.5 cm³/mol. The van der Waals surface area contributed by atoms with Crippen LogP contribution in [0.5, 0.6) is 0 Å². The number of anilines is 1. The number of hydrogen-bond acceptors (Lipinski definition) is 2. The molecular weight excluding hydrogens is 286 g/mol. The maximum absolute atomic E-state index is 12.2. The first-order chi connectivity index (χ1) is 11.2. The van der Waals surface area contributed by atoms with Gasteiger partial charge < -0.3 is 4.57 Å². The Morgan fingerprint density at radius 1 is 1.13 bits per heavy atom. The van der Waals surface area contributed by atoms with Crippen LogP contribution >= 0.6 is 0 Å². The van der Waals surface area contributed by atoms with E-state index in [0.29, 0.717) is 12.4 Å². The summed E-state index contributed by atoms with van der Waals surface area (Å²) in [6.45, 7) is 4.88. The van der Waals surface area contributed by atoms with Gasteiger partial charge in [0.1, 0.15) is 0 Å². The number of amides is 1. The van der Waals surface area contributed by atoms with Crippen molar-refractivity contribution in [1.29, 1.82) is 0 Å². The molecule has 4 nitrogen and oxygen atoms in total. The molecular formula is C19H21N3O. The summed E-state index contributed by atoms with van der Waals surface area (Å²) in [5.41, 5.74) is 4.36. The third kappa shape index (κ3) is 3.42. The SMILES string of the molecule is CCn1c(NC(=O)CCc2ccc(C)cc2)nc2ccccc21. The summed E-state index contributed by atoms with van der Waals surface area (Å²) >= 11 is 0. The van der Waals surface area contributed by atoms with E-state index in [4.69, 9.17) is 0 Å². The number of aromatic nitrogens is 2. The van der Waals surface area contributed by atoms with Crippen molar-refractivity contribution in [1.82, 2.24) is 9.55 Å². The quantitative estimate of drug-likeness (QED) is 0.776. The highest BCUT2D eigenvalue weighted by atomic mass is 16.1. The van der Waals surface area contributed by atoms with Crippen molar-refractivity contribution in [3.8, 4) is 0 Å². The number of benzene rings is 2. The first-order valence-corrected chi connectivity index (χ1v) is 7.98. The largest absolute Gasteiger partial charge is 0.310 e. The van der Waals surface area contributed by atoms with Crippen molar-refractivity contribution >= 4 is 22.9 Å². The van der Waals surface area contributed by atoms with E-state index in [9.17, 15) is 4.79 Å². The van der Waals surface area contributed by atoms with Crippen molar-refractivity contribution in [2.75, 3.05) is 5.32 Å². The molecule has 3 aromatic rings. The molecule has 0 radical (unpaired) electrons. The lowest BCUT2D eigenvalue weighted by Gasteiger charge is -2.07. The fraction of sp³-hybridized carbons (Fsp3) is 0.263. The second-order valence-corrected chi connectivity index (χ2v) is 5.70. The number of para-hydroxylation sites is 2. The van der Waals surface area contributed by atoms with Crippen LogP contribution in [0.1, 0.15) is 24.5 Å². The van der Waals surface area contributed by atoms with E-state index in [-0.39, 0.29) is 5.91 Å². The first kappa shape index (κ1) is 15.3. The maximum atomic E-state index is 12.2. The highest BCUT2D eigenvalue weighted by Crippen LogP contribution is 2.19. The Morgan fingerprint density at radius 3 is 2.61 bits per heavy atom. The molecule has 1 N–H and O–H groups in total. The van der Waals surface area contributed by atoms with Crippen molar-refractivity contribution in [2.45, 2.75) is 33.2 Å². The van der Waals surface area contributed by atoms with Crippen LogP contribution in [0.2, 0.25) is 0 Å². The monoisotopic (exact) mass is 307 g/mol. The van der Waals surface area contributed by atoms with E-state index < -0.39 is 0 Å². The number of nitrogens with zero attached hydrogens (tertiary/aromatic N) is 2. The van der Waals surface area contributed by atoms with Crippen LogP contribution < -0.4 is 5.32 Å². The molecule has 0 aliphatic rings. The van der Waals surface area contributed by atoms with Crippen LogP contribution in [0.3, 0.4) is 0 Å². The van der Waals surface area contributed by atoms with E-state index >= 15 is 0 Å². The molecule has 0 unspecified atom stereocenters. The summed E-state index contributed by atoms with van der Waals surface area (Å²) < 4.78 is 2.03. The molecule has 0 saturated heterocycles. The Balaban J connectivity index is 1.69. The molecule has 3 rings (SSSR count). The van der Waals surface area contributed by atoms with Gasteiger partial charge in [-0.1, -0.05) is 42.0 Å². The molecule has 0 fully saturated rings. The molecule has 0 aliphatic heterocycles. The van der Waals surface area contributed by atoms with Gasteiger partial charge in [0.2, 0.25) is 11.9 Å². The molecule has 0 atom stereocenters. The standard InChI is InChI=1S/C19H21N3O/c1-3-22-17-7-5-4-6-16(17)20-19(22)21-18(23)13-12-15-10-8-14(2)9-11-15/h4-11H,3,12-13H2,1-2H3,(H,20,21,23). The van der Waals surface area contributed by atoms with Crippen LogP contribution in [0.15, 0.2) is 48.5 Å². The Labute approximate surface area is 136 Å². The zero-order valence-electron chi connectivity index (χ0n) is 13.5. The maximum Gasteiger partial charge on any atom is 0.227 e. The average molecular weight is 307 g/mol. The van der Waals surface area contributed by atoms with Gasteiger partial charge in [0, 0.05) is 13.0 Å². The van der Waals surface area contributed by atoms with E-state index in [1.807, 2.05) is 28.8 Å². The predicted octanol–water partition coefficient (Wildman–Crippen LogP) is 3.94. The lowest BCUT2D eigenvalue weighted by atomic mass is 10.1. The lowest BCUT2D eigenvalue weighted by molar-refractivity contribution is -0.116. The van der Waals surface area contributed by atoms with Gasteiger partial charge in [-0.05, 0) is 38.0 Å². The van der Waals surface area contributed by atoms with Crippen LogP contribution in [0.25, 0.3) is 11.0 Å². The third-order valence-corrected chi connectivity index (χ3v) is 3.98. The summed E-state index contributed by atoms with van der Waals surface area (Å²) in [7, 11) is 0. The number of nitrogens with one attached hydrogen (secondary N) is 1. The third-order valence-electron chi connectivity index (χ3n) is 3.98. The minimum absolute atomic E-state index is 0.00409. The van der Waals surface area contributed by atoms with Crippen LogP contribution in [-0.2, 0) is 17.8 Å². The van der Waals surface area contributed by atoms with Crippen molar-refractivity contribution < 1.29 is 4.79 Å². The molecule has 118 valence electrons. The van der Waals surface area contributed by atoms with Crippen molar-refractivity contribution in [3.05, 3.63) is 59.7 Å². The van der Waals surface area contributed by atoms with E-state index in [1.165, 1.54) is 11.1 Å². The van der Waals surface area contributed by atoms with Crippen LogP contribution in [0, 0.1) is 6.92 Å². The minimum atomic E-state index is -0.00409. The van der Waals surface area contributed by atoms with E-state index in [0.717, 1.165) is 24.0 Å². The second kappa shape index (κ2) is 6.65. The zero-order valence-corrected chi connectivity index (χ0v) is 13.5. The number of carbonyl (C=O) groups excluding carboxylic acids is 1. The van der Waals surface area contributed by atoms with Crippen molar-refractivity contribution in [2.24, 2.45) is 0 Å². The Hall–Kier alpha value is -2.62. The number of carbonyl (C=O) groups is 1. The molecule has 0 bridgehead atoms. The Bertz CT molecular complexity index is 818. The topological polar surface area (TPSA) is 46.9 Å². The highest BCUT2D eigenvalue weighted by molar-refractivity contribution is 5.91. The summed E-state index contributed by atoms with van der Waals surface area (Å²) in [5, 5.41) is 2.95. The lowest BCUT2D eigenvalue weighted by Crippen LogP contribution is -2.16. The molecule has 0 saturated carbocycles. The fourth-order valence-electron chi connectivity index (χ4n) is 2.69. The van der Waals surface area contributed by atoms with Gasteiger partial charge in [0.25, 0.3) is 0 Å². The Kier molecular flexibility index (Phi) is 4.42. The van der Waals surface area contributed by atoms with Gasteiger partial charge in [-0.3, -0.25) is 10.1 Å². The molecule has 0 spiro atoms. The van der Waals surface area contributed by atoms with Gasteiger partial charge in [-0.15, -0.1) is 0 Å². The number of imidazole rings is 1. The van der Waals surface area contributed by atoms with Gasteiger partial charge in [-0.2, -0.15) is 0 Å². The molecule has 1 amide bonds. The zero-order chi connectivity index (χ0) is 16.2. The number of aryl methyl sites for hydroxylation is 3. The fourth-order valence-corrected chi connectivity index (χ4v) is 2.69. The van der Waals surface area contributed by atoms with Gasteiger partial charge in [0.15, 0.2) is 0 Å². The van der Waals surface area contributed by atoms with Crippen LogP contribution in [-0.4, -0.2) is 15.5 Å². The highest BCUT2D eigenvalue weighted by Gasteiger charge is 2.11. The number of fused-ring (bicyclic) bond motifs is 1. The molecule has 1 aromatic heterocycles. The summed E-state index contributed by atoms with van der Waals surface area (Å²) in [6, 6.07) is 16.2. The Morgan fingerprint density at radius 2 is 1.87 bits per heavy atom. The number of hydrogen-bond donors (Lipinski definition) is 1. The van der Waals surface area contributed by atoms with Gasteiger partial charge >= 0.3 is 0 Å². The second-order valence-electron chi connectivity index (χ2n) is 5.70. The van der Waals surface area contributed by atoms with Gasteiger partial charge in [0.05, 0.1) is 11.0 Å². The van der Waals surface area contributed by atoms with E-state index in [2.05, 4.69) is 48.4 Å². The summed E-state index contributed by atoms with van der Waals surface area (Å²) in [6.07, 6.45) is 1.19. The molecule has 0 aliphatic carbocycles. The van der Waals surface area contributed by atoms with Crippen LogP contribution in [0.4, 0.5) is 5.95 Å². The normalized spacial score (nSPS) is 10.9. The molecule has 23 heavy (non-hydrogen) atoms. The van der Waals surface area contributed by atoms with Gasteiger partial charge in [-0.25, -0.2) is 4.98 Å². The molecule has 2 aromatic carbocycles. The summed E-state index contributed by atoms with van der Waals surface area (Å²) in [4.78, 5) is 16.8. The smallest absolute Gasteiger partial charge is 0.227 e. The minimum Gasteiger partial charge on any atom is -0.310 e. The first-order valence-electron chi connectivity index (χ1n) is 7.98. The summed E-state index contributed by atoms with van der Waals surface area (Å²) in [5.74, 6) is 0.623. The molecule has 1 heterocycles.